The van der Waals surface area contributed by atoms with E-state index in [4.69, 9.17) is 9.84 Å². The number of carbonyl (C=O) groups excluding carboxylic acids is 1. The topological polar surface area (TPSA) is 46.5 Å². The molecule has 0 rings (SSSR count). The average molecular weight is 705 g/mol. The lowest BCUT2D eigenvalue weighted by molar-refractivity contribution is -0.143. The molecule has 0 bridgehead atoms. The molecule has 0 fully saturated rings. The van der Waals surface area contributed by atoms with E-state index in [1.54, 1.807) is 0 Å². The van der Waals surface area contributed by atoms with Crippen molar-refractivity contribution in [3.63, 3.8) is 0 Å². The number of rotatable bonds is 44. The Hall–Kier alpha value is -0.830. The lowest BCUT2D eigenvalue weighted by Gasteiger charge is -2.06. The van der Waals surface area contributed by atoms with Crippen molar-refractivity contribution < 1.29 is 14.6 Å². The van der Waals surface area contributed by atoms with Gasteiger partial charge in [0.05, 0.1) is 6.61 Å². The second-order valence-electron chi connectivity index (χ2n) is 15.8. The van der Waals surface area contributed by atoms with E-state index in [2.05, 4.69) is 19.1 Å². The van der Waals surface area contributed by atoms with Crippen LogP contribution in [0.4, 0.5) is 0 Å². The molecule has 1 N–H and O–H groups in total. The number of hydrogen-bond acceptors (Lipinski definition) is 3. The zero-order chi connectivity index (χ0) is 36.1. The molecular weight excluding hydrogens is 613 g/mol. The smallest absolute Gasteiger partial charge is 0.305 e. The number of hydrogen-bond donors (Lipinski definition) is 1. The number of unbranched alkanes of at least 4 members (excludes halogenated alkanes) is 37. The molecule has 0 radical (unpaired) electrons. The molecule has 298 valence electrons. The number of aliphatic hydroxyl groups excluding tert-OH is 1. The molecule has 0 unspecified atom stereocenters. The number of esters is 1. The summed E-state index contributed by atoms with van der Waals surface area (Å²) >= 11 is 0. The number of aliphatic hydroxyl groups is 1. The highest BCUT2D eigenvalue weighted by Gasteiger charge is 2.03. The van der Waals surface area contributed by atoms with Crippen LogP contribution in [0.15, 0.2) is 12.2 Å². The molecule has 50 heavy (non-hydrogen) atoms. The molecule has 0 aliphatic carbocycles. The lowest BCUT2D eigenvalue weighted by atomic mass is 10.0. The van der Waals surface area contributed by atoms with Crippen LogP contribution in [0.2, 0.25) is 0 Å². The Morgan fingerprint density at radius 2 is 0.660 bits per heavy atom. The third-order valence-corrected chi connectivity index (χ3v) is 10.7. The third-order valence-electron chi connectivity index (χ3n) is 10.7. The van der Waals surface area contributed by atoms with Crippen molar-refractivity contribution in [3.05, 3.63) is 12.2 Å². The minimum Gasteiger partial charge on any atom is -0.466 e. The predicted octanol–water partition coefficient (Wildman–Crippen LogP) is 16.1. The largest absolute Gasteiger partial charge is 0.466 e. The summed E-state index contributed by atoms with van der Waals surface area (Å²) in [7, 11) is 0. The van der Waals surface area contributed by atoms with Gasteiger partial charge in [0.25, 0.3) is 0 Å². The molecule has 3 heteroatoms. The monoisotopic (exact) mass is 705 g/mol. The van der Waals surface area contributed by atoms with Gasteiger partial charge >= 0.3 is 5.97 Å². The van der Waals surface area contributed by atoms with Crippen molar-refractivity contribution in [2.45, 2.75) is 270 Å². The van der Waals surface area contributed by atoms with E-state index in [0.717, 1.165) is 19.3 Å². The van der Waals surface area contributed by atoms with Gasteiger partial charge < -0.3 is 9.84 Å². The van der Waals surface area contributed by atoms with Crippen molar-refractivity contribution in [1.29, 1.82) is 0 Å². The van der Waals surface area contributed by atoms with Gasteiger partial charge in [-0.1, -0.05) is 231 Å². The summed E-state index contributed by atoms with van der Waals surface area (Å²) in [4.78, 5) is 12.0. The maximum atomic E-state index is 12.0. The van der Waals surface area contributed by atoms with Gasteiger partial charge in [0.1, 0.15) is 0 Å². The Kier molecular flexibility index (Phi) is 45.4. The Morgan fingerprint density at radius 1 is 0.380 bits per heavy atom. The quantitative estimate of drug-likeness (QED) is 0.0390. The van der Waals surface area contributed by atoms with Crippen LogP contribution in [0.5, 0.6) is 0 Å². The molecular formula is C47H92O3. The fraction of sp³-hybridized carbons (Fsp3) is 0.936. The Balaban J connectivity index is 3.17. The van der Waals surface area contributed by atoms with Crippen LogP contribution in [0.1, 0.15) is 270 Å². The first-order valence-corrected chi connectivity index (χ1v) is 23.2. The molecule has 3 nitrogen and oxygen atoms in total. The highest BCUT2D eigenvalue weighted by Crippen LogP contribution is 2.16. The van der Waals surface area contributed by atoms with Gasteiger partial charge in [-0.15, -0.1) is 0 Å². The Labute approximate surface area is 315 Å². The van der Waals surface area contributed by atoms with Crippen LogP contribution in [-0.4, -0.2) is 24.3 Å². The van der Waals surface area contributed by atoms with Crippen LogP contribution in [0.3, 0.4) is 0 Å². The van der Waals surface area contributed by atoms with Crippen molar-refractivity contribution in [2.75, 3.05) is 13.2 Å². The number of carbonyl (C=O) groups is 1. The van der Waals surface area contributed by atoms with E-state index in [1.807, 2.05) is 0 Å². The normalized spacial score (nSPS) is 11.6. The number of allylic oxidation sites excluding steroid dienone is 2. The average Bonchev–Trinajstić information content (AvgIpc) is 3.12. The second kappa shape index (κ2) is 46.2. The van der Waals surface area contributed by atoms with Crippen molar-refractivity contribution in [2.24, 2.45) is 0 Å². The molecule has 0 atom stereocenters. The van der Waals surface area contributed by atoms with Gasteiger partial charge in [0.2, 0.25) is 0 Å². The highest BCUT2D eigenvalue weighted by atomic mass is 16.5. The molecule has 0 aromatic rings. The molecule has 0 amide bonds. The van der Waals surface area contributed by atoms with E-state index in [9.17, 15) is 4.79 Å². The summed E-state index contributed by atoms with van der Waals surface area (Å²) < 4.78 is 5.48. The zero-order valence-electron chi connectivity index (χ0n) is 34.3. The molecule has 0 aromatic heterocycles. The van der Waals surface area contributed by atoms with Crippen LogP contribution in [0, 0.1) is 0 Å². The Bertz CT molecular complexity index is 644. The molecule has 0 aliphatic rings. The summed E-state index contributed by atoms with van der Waals surface area (Å²) in [6.45, 7) is 3.28. The van der Waals surface area contributed by atoms with E-state index in [1.165, 1.54) is 238 Å². The third kappa shape index (κ3) is 45.2. The molecule has 0 aliphatic heterocycles. The molecule has 0 spiro atoms. The first-order chi connectivity index (χ1) is 24.8. The van der Waals surface area contributed by atoms with Gasteiger partial charge in [-0.2, -0.15) is 0 Å². The second-order valence-corrected chi connectivity index (χ2v) is 15.8. The molecule has 0 heterocycles. The highest BCUT2D eigenvalue weighted by molar-refractivity contribution is 5.69. The first kappa shape index (κ1) is 49.2. The van der Waals surface area contributed by atoms with Crippen molar-refractivity contribution in [3.8, 4) is 0 Å². The summed E-state index contributed by atoms with van der Waals surface area (Å²) in [5, 5.41) is 8.81. The molecule has 0 saturated heterocycles. The van der Waals surface area contributed by atoms with E-state index >= 15 is 0 Å². The molecule has 0 saturated carbocycles. The van der Waals surface area contributed by atoms with E-state index in [-0.39, 0.29) is 5.97 Å². The summed E-state index contributed by atoms with van der Waals surface area (Å²) in [5.74, 6) is 0.0235. The fourth-order valence-corrected chi connectivity index (χ4v) is 7.23. The van der Waals surface area contributed by atoms with Gasteiger partial charge in [0, 0.05) is 13.0 Å². The summed E-state index contributed by atoms with van der Waals surface area (Å²) in [6.07, 6.45) is 59.1. The predicted molar refractivity (Wildman–Crippen MR) is 222 cm³/mol. The minimum atomic E-state index is 0.0235. The van der Waals surface area contributed by atoms with Crippen LogP contribution < -0.4 is 0 Å². The molecule has 0 aromatic carbocycles. The lowest BCUT2D eigenvalue weighted by Crippen LogP contribution is -2.05. The van der Waals surface area contributed by atoms with Gasteiger partial charge in [0.15, 0.2) is 0 Å². The van der Waals surface area contributed by atoms with Crippen LogP contribution in [0.25, 0.3) is 0 Å². The van der Waals surface area contributed by atoms with Gasteiger partial charge in [-0.25, -0.2) is 0 Å². The maximum Gasteiger partial charge on any atom is 0.305 e. The van der Waals surface area contributed by atoms with Crippen molar-refractivity contribution in [1.82, 2.24) is 0 Å². The Morgan fingerprint density at radius 3 is 1.00 bits per heavy atom. The van der Waals surface area contributed by atoms with Crippen LogP contribution in [-0.2, 0) is 9.53 Å². The maximum absolute atomic E-state index is 12.0. The first-order valence-electron chi connectivity index (χ1n) is 23.2. The van der Waals surface area contributed by atoms with Crippen molar-refractivity contribution >= 4 is 5.97 Å². The SMILES string of the molecule is CCCCCCCCC=CCCCCCCCCCCCCCC(=O)OCCCCCCCCCCCCCCCCCCCCCCCO. The van der Waals surface area contributed by atoms with E-state index in [0.29, 0.717) is 19.6 Å². The summed E-state index contributed by atoms with van der Waals surface area (Å²) in [5.41, 5.74) is 0. The van der Waals surface area contributed by atoms with E-state index < -0.39 is 0 Å². The van der Waals surface area contributed by atoms with Gasteiger partial charge in [-0.05, 0) is 44.9 Å². The minimum absolute atomic E-state index is 0.0235. The van der Waals surface area contributed by atoms with Gasteiger partial charge in [-0.3, -0.25) is 4.79 Å². The fourth-order valence-electron chi connectivity index (χ4n) is 7.23. The standard InChI is InChI=1S/C47H92O3/c1-2-3-4-5-6-7-8-9-10-11-12-14-17-20-23-26-29-32-35-38-41-44-47(49)50-46-43-40-37-34-31-28-25-22-19-16-13-15-18-21-24-27-30-33-36-39-42-45-48/h9-10,48H,2-8,11-46H2,1H3. The van der Waals surface area contributed by atoms with Crippen LogP contribution >= 0.6 is 0 Å². The number of ether oxygens (including phenoxy) is 1. The summed E-state index contributed by atoms with van der Waals surface area (Å²) in [6, 6.07) is 0. The zero-order valence-corrected chi connectivity index (χ0v) is 34.3.